The van der Waals surface area contributed by atoms with Crippen LogP contribution in [-0.4, -0.2) is 22.9 Å². The fourth-order valence-corrected chi connectivity index (χ4v) is 3.02. The van der Waals surface area contributed by atoms with Gasteiger partial charge in [-0.05, 0) is 30.3 Å². The highest BCUT2D eigenvalue weighted by atomic mass is 35.5. The van der Waals surface area contributed by atoms with E-state index >= 15 is 0 Å². The molecule has 1 amide bonds. The van der Waals surface area contributed by atoms with Crippen molar-refractivity contribution in [1.29, 1.82) is 0 Å². The van der Waals surface area contributed by atoms with Crippen molar-refractivity contribution in [3.8, 4) is 17.1 Å². The van der Waals surface area contributed by atoms with Crippen LogP contribution in [0, 0.1) is 20.2 Å². The molecular formula is C18H11Cl2N3O7. The van der Waals surface area contributed by atoms with E-state index in [1.165, 1.54) is 12.1 Å². The van der Waals surface area contributed by atoms with E-state index in [1.54, 1.807) is 18.2 Å². The molecule has 12 heteroatoms. The Morgan fingerprint density at radius 3 is 2.23 bits per heavy atom. The number of halogens is 2. The molecule has 154 valence electrons. The van der Waals surface area contributed by atoms with Crippen molar-refractivity contribution >= 4 is 46.2 Å². The number of amides is 1. The van der Waals surface area contributed by atoms with Crippen LogP contribution in [0.15, 0.2) is 46.9 Å². The topological polar surface area (TPSA) is 138 Å². The predicted octanol–water partition coefficient (Wildman–Crippen LogP) is 5.33. The van der Waals surface area contributed by atoms with Crippen LogP contribution in [0.3, 0.4) is 0 Å². The summed E-state index contributed by atoms with van der Waals surface area (Å²) in [5, 5.41) is 25.6. The number of hydrogen-bond donors (Lipinski definition) is 1. The lowest BCUT2D eigenvalue weighted by molar-refractivity contribution is -0.395. The second-order valence-electron chi connectivity index (χ2n) is 5.80. The maximum atomic E-state index is 12.5. The van der Waals surface area contributed by atoms with Crippen molar-refractivity contribution in [3.05, 3.63) is 78.5 Å². The van der Waals surface area contributed by atoms with Gasteiger partial charge in [0.1, 0.15) is 5.76 Å². The van der Waals surface area contributed by atoms with E-state index in [2.05, 4.69) is 5.32 Å². The van der Waals surface area contributed by atoms with E-state index in [0.717, 1.165) is 19.2 Å². The summed E-state index contributed by atoms with van der Waals surface area (Å²) >= 11 is 12.1. The van der Waals surface area contributed by atoms with E-state index in [4.69, 9.17) is 32.4 Å². The third-order valence-electron chi connectivity index (χ3n) is 3.93. The van der Waals surface area contributed by atoms with Crippen molar-refractivity contribution < 1.29 is 23.8 Å². The predicted molar refractivity (Wildman–Crippen MR) is 108 cm³/mol. The molecule has 0 atom stereocenters. The van der Waals surface area contributed by atoms with Crippen molar-refractivity contribution in [1.82, 2.24) is 0 Å². The summed E-state index contributed by atoms with van der Waals surface area (Å²) in [5.74, 6) is -1.20. The first-order valence-corrected chi connectivity index (χ1v) is 8.84. The second kappa shape index (κ2) is 8.39. The van der Waals surface area contributed by atoms with E-state index in [-0.39, 0.29) is 17.2 Å². The first kappa shape index (κ1) is 21.1. The minimum Gasteiger partial charge on any atom is -0.485 e. The smallest absolute Gasteiger partial charge is 0.320 e. The van der Waals surface area contributed by atoms with E-state index in [1.807, 2.05) is 0 Å². The summed E-state index contributed by atoms with van der Waals surface area (Å²) in [6, 6.07) is 9.45. The fourth-order valence-electron chi connectivity index (χ4n) is 2.63. The van der Waals surface area contributed by atoms with Crippen LogP contribution >= 0.6 is 23.2 Å². The lowest BCUT2D eigenvalue weighted by Gasteiger charge is -2.07. The minimum atomic E-state index is -0.854. The van der Waals surface area contributed by atoms with Gasteiger partial charge in [0.15, 0.2) is 5.76 Å². The molecular weight excluding hydrogens is 441 g/mol. The van der Waals surface area contributed by atoms with Gasteiger partial charge in [-0.15, -0.1) is 0 Å². The van der Waals surface area contributed by atoms with Gasteiger partial charge in [0.2, 0.25) is 0 Å². The minimum absolute atomic E-state index is 0.151. The maximum Gasteiger partial charge on any atom is 0.320 e. The summed E-state index contributed by atoms with van der Waals surface area (Å²) in [6.45, 7) is 0. The van der Waals surface area contributed by atoms with Gasteiger partial charge in [0, 0.05) is 22.7 Å². The number of carbonyl (C=O) groups excluding carboxylic acids is 1. The first-order valence-electron chi connectivity index (χ1n) is 8.08. The molecule has 0 unspecified atom stereocenters. The molecule has 0 bridgehead atoms. The number of benzene rings is 2. The Bertz CT molecular complexity index is 1140. The van der Waals surface area contributed by atoms with Gasteiger partial charge in [-0.25, -0.2) is 0 Å². The Kier molecular flexibility index (Phi) is 5.90. The Balaban J connectivity index is 1.93. The van der Waals surface area contributed by atoms with Crippen molar-refractivity contribution in [3.63, 3.8) is 0 Å². The summed E-state index contributed by atoms with van der Waals surface area (Å²) < 4.78 is 10.3. The number of furan rings is 1. The number of nitrogens with zero attached hydrogens (tertiary/aromatic N) is 2. The summed E-state index contributed by atoms with van der Waals surface area (Å²) in [4.78, 5) is 33.2. The molecule has 10 nitrogen and oxygen atoms in total. The van der Waals surface area contributed by atoms with Gasteiger partial charge >= 0.3 is 11.4 Å². The van der Waals surface area contributed by atoms with Crippen LogP contribution in [0.5, 0.6) is 5.75 Å². The van der Waals surface area contributed by atoms with Crippen molar-refractivity contribution in [2.45, 2.75) is 0 Å². The standard InChI is InChI=1S/C18H11Cl2N3O7/c1-29-17-13(22(25)26)7-10(8-14(17)23(27)28)21-18(24)16-5-4-15(30-16)11-6-9(19)2-3-12(11)20/h2-8H,1H3,(H,21,24). The molecule has 0 saturated carbocycles. The molecule has 1 N–H and O–H groups in total. The molecule has 0 saturated heterocycles. The lowest BCUT2D eigenvalue weighted by Crippen LogP contribution is -2.11. The average Bonchev–Trinajstić information content (AvgIpc) is 3.19. The molecule has 0 spiro atoms. The third-order valence-corrected chi connectivity index (χ3v) is 4.49. The van der Waals surface area contributed by atoms with Crippen LogP contribution in [0.2, 0.25) is 10.0 Å². The molecule has 0 fully saturated rings. The number of nitro groups is 2. The SMILES string of the molecule is COc1c([N+](=O)[O-])cc(NC(=O)c2ccc(-c3cc(Cl)ccc3Cl)o2)cc1[N+](=O)[O-]. The van der Waals surface area contributed by atoms with Crippen LogP contribution in [-0.2, 0) is 0 Å². The normalized spacial score (nSPS) is 10.5. The van der Waals surface area contributed by atoms with Gasteiger partial charge in [0.25, 0.3) is 11.7 Å². The number of nitro benzene ring substituents is 2. The monoisotopic (exact) mass is 451 g/mol. The van der Waals surface area contributed by atoms with Gasteiger partial charge in [-0.2, -0.15) is 0 Å². The summed E-state index contributed by atoms with van der Waals surface area (Å²) in [5.41, 5.74) is -1.07. The van der Waals surface area contributed by atoms with Crippen LogP contribution in [0.1, 0.15) is 10.6 Å². The highest BCUT2D eigenvalue weighted by Crippen LogP contribution is 2.39. The zero-order valence-electron chi connectivity index (χ0n) is 15.0. The highest BCUT2D eigenvalue weighted by Gasteiger charge is 2.28. The summed E-state index contributed by atoms with van der Waals surface area (Å²) in [6.07, 6.45) is 0. The third kappa shape index (κ3) is 4.19. The van der Waals surface area contributed by atoms with Gasteiger partial charge in [-0.1, -0.05) is 23.2 Å². The molecule has 0 aliphatic carbocycles. The molecule has 0 aliphatic heterocycles. The number of carbonyl (C=O) groups is 1. The number of ether oxygens (including phenoxy) is 1. The Morgan fingerprint density at radius 1 is 1.03 bits per heavy atom. The largest absolute Gasteiger partial charge is 0.485 e. The van der Waals surface area contributed by atoms with E-state index in [9.17, 15) is 25.0 Å². The molecule has 0 radical (unpaired) electrons. The van der Waals surface area contributed by atoms with Gasteiger partial charge in [-0.3, -0.25) is 25.0 Å². The highest BCUT2D eigenvalue weighted by molar-refractivity contribution is 6.35. The Morgan fingerprint density at radius 2 is 1.67 bits per heavy atom. The number of hydrogen-bond acceptors (Lipinski definition) is 7. The average molecular weight is 452 g/mol. The van der Waals surface area contributed by atoms with Crippen LogP contribution in [0.25, 0.3) is 11.3 Å². The number of anilines is 1. The molecule has 3 aromatic rings. The van der Waals surface area contributed by atoms with Crippen LogP contribution in [0.4, 0.5) is 17.1 Å². The fraction of sp³-hybridized carbons (Fsp3) is 0.0556. The molecule has 1 aromatic heterocycles. The van der Waals surface area contributed by atoms with Crippen molar-refractivity contribution in [2.75, 3.05) is 12.4 Å². The zero-order valence-corrected chi connectivity index (χ0v) is 16.6. The van der Waals surface area contributed by atoms with Crippen LogP contribution < -0.4 is 10.1 Å². The number of rotatable bonds is 6. The van der Waals surface area contributed by atoms with E-state index in [0.29, 0.717) is 15.6 Å². The molecule has 2 aromatic carbocycles. The maximum absolute atomic E-state index is 12.5. The number of nitrogens with one attached hydrogen (secondary N) is 1. The quantitative estimate of drug-likeness (QED) is 0.394. The molecule has 0 aliphatic rings. The molecule has 1 heterocycles. The van der Waals surface area contributed by atoms with Gasteiger partial charge < -0.3 is 14.5 Å². The molecule has 30 heavy (non-hydrogen) atoms. The van der Waals surface area contributed by atoms with Crippen molar-refractivity contribution in [2.24, 2.45) is 0 Å². The second-order valence-corrected chi connectivity index (χ2v) is 6.65. The van der Waals surface area contributed by atoms with Gasteiger partial charge in [0.05, 0.1) is 27.7 Å². The first-order chi connectivity index (χ1) is 14.2. The number of methoxy groups -OCH3 is 1. The Labute approximate surface area is 178 Å². The molecule has 3 rings (SSSR count). The lowest BCUT2D eigenvalue weighted by atomic mass is 10.2. The van der Waals surface area contributed by atoms with E-state index < -0.39 is 32.9 Å². The Hall–Kier alpha value is -3.63. The zero-order chi connectivity index (χ0) is 22.0. The summed E-state index contributed by atoms with van der Waals surface area (Å²) in [7, 11) is 1.07.